The number of benzene rings is 3. The van der Waals surface area contributed by atoms with Gasteiger partial charge in [-0.3, -0.25) is 4.79 Å². The van der Waals surface area contributed by atoms with Crippen LogP contribution in [0.4, 0.5) is 17.6 Å². The molecule has 32 heavy (non-hydrogen) atoms. The summed E-state index contributed by atoms with van der Waals surface area (Å²) < 4.78 is 11.0. The van der Waals surface area contributed by atoms with Crippen molar-refractivity contribution in [1.82, 2.24) is 15.0 Å². The number of ether oxygens (including phenoxy) is 1. The van der Waals surface area contributed by atoms with Crippen LogP contribution in [0.15, 0.2) is 77.4 Å². The Morgan fingerprint density at radius 3 is 2.66 bits per heavy atom. The molecule has 158 valence electrons. The molecule has 8 nitrogen and oxygen atoms in total. The zero-order chi connectivity index (χ0) is 21.9. The Hall–Kier alpha value is -4.46. The Morgan fingerprint density at radius 2 is 1.78 bits per heavy atom. The molecule has 8 heteroatoms. The molecule has 0 unspecified atom stereocenters. The predicted octanol–water partition coefficient (Wildman–Crippen LogP) is 4.38. The standard InChI is InChI=1S/C24H19N5O3/c25-23-27-20(28-24(29-23)26-17-7-2-1-3-8-17)14-32-21(30)12-16-13-31-19-11-10-15-6-4-5-9-18(15)22(16)19/h1-11,13H,12,14H2,(H3,25,26,27,28,29). The highest BCUT2D eigenvalue weighted by Gasteiger charge is 2.15. The smallest absolute Gasteiger partial charge is 0.310 e. The molecule has 0 aliphatic rings. The Balaban J connectivity index is 1.30. The summed E-state index contributed by atoms with van der Waals surface area (Å²) in [5.74, 6) is 0.155. The maximum atomic E-state index is 12.5. The minimum atomic E-state index is -0.419. The average molecular weight is 425 g/mol. The van der Waals surface area contributed by atoms with Gasteiger partial charge in [0, 0.05) is 16.6 Å². The number of esters is 1. The number of anilines is 3. The number of nitrogens with one attached hydrogen (secondary N) is 1. The molecule has 0 saturated heterocycles. The quantitative estimate of drug-likeness (QED) is 0.385. The van der Waals surface area contributed by atoms with Gasteiger partial charge in [-0.05, 0) is 29.0 Å². The molecule has 0 fully saturated rings. The third-order valence-electron chi connectivity index (χ3n) is 4.97. The summed E-state index contributed by atoms with van der Waals surface area (Å²) in [6, 6.07) is 21.3. The van der Waals surface area contributed by atoms with Gasteiger partial charge < -0.3 is 20.2 Å². The number of hydrogen-bond acceptors (Lipinski definition) is 8. The van der Waals surface area contributed by atoms with Crippen molar-refractivity contribution in [2.75, 3.05) is 11.1 Å². The third-order valence-corrected chi connectivity index (χ3v) is 4.97. The van der Waals surface area contributed by atoms with Gasteiger partial charge in [0.05, 0.1) is 12.7 Å². The van der Waals surface area contributed by atoms with E-state index in [1.807, 2.05) is 66.7 Å². The fourth-order valence-corrected chi connectivity index (χ4v) is 3.57. The van der Waals surface area contributed by atoms with Crippen molar-refractivity contribution in [3.05, 3.63) is 84.4 Å². The van der Waals surface area contributed by atoms with E-state index in [0.29, 0.717) is 0 Å². The highest BCUT2D eigenvalue weighted by Crippen LogP contribution is 2.30. The van der Waals surface area contributed by atoms with Gasteiger partial charge in [-0.2, -0.15) is 15.0 Å². The molecule has 0 radical (unpaired) electrons. The first-order chi connectivity index (χ1) is 15.7. The Bertz CT molecular complexity index is 1420. The molecule has 3 N–H and O–H groups in total. The minimum Gasteiger partial charge on any atom is -0.464 e. The summed E-state index contributed by atoms with van der Waals surface area (Å²) in [7, 11) is 0. The number of rotatable bonds is 6. The van der Waals surface area contributed by atoms with Crippen LogP contribution in [0, 0.1) is 0 Å². The van der Waals surface area contributed by atoms with E-state index in [2.05, 4.69) is 20.3 Å². The second kappa shape index (κ2) is 8.35. The Labute approximate surface area is 183 Å². The minimum absolute atomic E-state index is 0.0387. The lowest BCUT2D eigenvalue weighted by Crippen LogP contribution is -2.12. The summed E-state index contributed by atoms with van der Waals surface area (Å²) in [6.07, 6.45) is 1.66. The van der Waals surface area contributed by atoms with E-state index in [1.165, 1.54) is 0 Å². The molecular formula is C24H19N5O3. The summed E-state index contributed by atoms with van der Waals surface area (Å²) in [4.78, 5) is 24.9. The first-order valence-corrected chi connectivity index (χ1v) is 10.0. The van der Waals surface area contributed by atoms with Crippen molar-refractivity contribution in [2.24, 2.45) is 0 Å². The van der Waals surface area contributed by atoms with Gasteiger partial charge in [0.2, 0.25) is 11.9 Å². The Kier molecular flexibility index (Phi) is 5.09. The molecule has 2 heterocycles. The molecule has 3 aromatic carbocycles. The topological polar surface area (TPSA) is 116 Å². The van der Waals surface area contributed by atoms with Crippen molar-refractivity contribution < 1.29 is 13.9 Å². The van der Waals surface area contributed by atoms with Crippen LogP contribution in [0.3, 0.4) is 0 Å². The van der Waals surface area contributed by atoms with Gasteiger partial charge in [0.1, 0.15) is 5.58 Å². The van der Waals surface area contributed by atoms with E-state index in [4.69, 9.17) is 14.9 Å². The molecule has 0 aliphatic heterocycles. The molecule has 0 aliphatic carbocycles. The van der Waals surface area contributed by atoms with Gasteiger partial charge in [0.25, 0.3) is 0 Å². The molecular weight excluding hydrogens is 406 g/mol. The zero-order valence-electron chi connectivity index (χ0n) is 17.0. The summed E-state index contributed by atoms with van der Waals surface area (Å²) in [5, 5.41) is 6.08. The first-order valence-electron chi connectivity index (χ1n) is 10.0. The van der Waals surface area contributed by atoms with Gasteiger partial charge in [-0.1, -0.05) is 48.5 Å². The van der Waals surface area contributed by atoms with E-state index < -0.39 is 5.97 Å². The summed E-state index contributed by atoms with van der Waals surface area (Å²) in [6.45, 7) is -0.119. The third kappa shape index (κ3) is 4.06. The number of aromatic nitrogens is 3. The number of nitrogens with zero attached hydrogens (tertiary/aromatic N) is 3. The second-order valence-electron chi connectivity index (χ2n) is 7.18. The molecule has 5 aromatic rings. The summed E-state index contributed by atoms with van der Waals surface area (Å²) in [5.41, 5.74) is 8.09. The Morgan fingerprint density at radius 1 is 0.969 bits per heavy atom. The van der Waals surface area contributed by atoms with E-state index in [0.717, 1.165) is 33.0 Å². The highest BCUT2D eigenvalue weighted by atomic mass is 16.5. The first kappa shape index (κ1) is 19.5. The normalized spacial score (nSPS) is 11.0. The molecule has 0 amide bonds. The van der Waals surface area contributed by atoms with Crippen LogP contribution in [0.25, 0.3) is 21.7 Å². The zero-order valence-corrected chi connectivity index (χ0v) is 17.0. The number of para-hydroxylation sites is 1. The lowest BCUT2D eigenvalue weighted by atomic mass is 10.0. The SMILES string of the molecule is Nc1nc(COC(=O)Cc2coc3ccc4ccccc4c23)nc(Nc2ccccc2)n1. The van der Waals surface area contributed by atoms with Crippen molar-refractivity contribution in [2.45, 2.75) is 13.0 Å². The van der Waals surface area contributed by atoms with Crippen LogP contribution < -0.4 is 11.1 Å². The van der Waals surface area contributed by atoms with Gasteiger partial charge in [-0.15, -0.1) is 0 Å². The van der Waals surface area contributed by atoms with Crippen molar-refractivity contribution in [3.8, 4) is 0 Å². The molecule has 0 atom stereocenters. The van der Waals surface area contributed by atoms with Crippen molar-refractivity contribution >= 4 is 45.3 Å². The predicted molar refractivity (Wildman–Crippen MR) is 121 cm³/mol. The summed E-state index contributed by atoms with van der Waals surface area (Å²) >= 11 is 0. The highest BCUT2D eigenvalue weighted by molar-refractivity contribution is 6.08. The maximum absolute atomic E-state index is 12.5. The van der Waals surface area contributed by atoms with Gasteiger partial charge >= 0.3 is 5.97 Å². The number of carbonyl (C=O) groups is 1. The van der Waals surface area contributed by atoms with E-state index >= 15 is 0 Å². The fraction of sp³-hybridized carbons (Fsp3) is 0.0833. The lowest BCUT2D eigenvalue weighted by molar-refractivity contribution is -0.144. The van der Waals surface area contributed by atoms with E-state index in [1.54, 1.807) is 6.26 Å². The lowest BCUT2D eigenvalue weighted by Gasteiger charge is -2.08. The van der Waals surface area contributed by atoms with Crippen LogP contribution in [0.5, 0.6) is 0 Å². The molecule has 0 spiro atoms. The number of furan rings is 1. The monoisotopic (exact) mass is 425 g/mol. The maximum Gasteiger partial charge on any atom is 0.310 e. The van der Waals surface area contributed by atoms with Crippen LogP contribution >= 0.6 is 0 Å². The number of carbonyl (C=O) groups excluding carboxylic acids is 1. The van der Waals surface area contributed by atoms with Gasteiger partial charge in [-0.25, -0.2) is 0 Å². The number of nitrogen functional groups attached to an aromatic ring is 1. The molecule has 2 aromatic heterocycles. The second-order valence-corrected chi connectivity index (χ2v) is 7.18. The van der Waals surface area contributed by atoms with Crippen LogP contribution in [-0.4, -0.2) is 20.9 Å². The van der Waals surface area contributed by atoms with Gasteiger partial charge in [0.15, 0.2) is 12.4 Å². The number of hydrogen-bond donors (Lipinski definition) is 2. The van der Waals surface area contributed by atoms with Crippen molar-refractivity contribution in [1.29, 1.82) is 0 Å². The molecule has 0 bridgehead atoms. The number of nitrogens with two attached hydrogens (primary N) is 1. The molecule has 5 rings (SSSR count). The largest absolute Gasteiger partial charge is 0.464 e. The van der Waals surface area contributed by atoms with Crippen molar-refractivity contribution in [3.63, 3.8) is 0 Å². The van der Waals surface area contributed by atoms with E-state index in [-0.39, 0.29) is 30.7 Å². The fourth-order valence-electron chi connectivity index (χ4n) is 3.57. The average Bonchev–Trinajstić information content (AvgIpc) is 3.21. The number of fused-ring (bicyclic) bond motifs is 3. The van der Waals surface area contributed by atoms with Crippen LogP contribution in [0.2, 0.25) is 0 Å². The van der Waals surface area contributed by atoms with Crippen LogP contribution in [-0.2, 0) is 22.6 Å². The van der Waals surface area contributed by atoms with Crippen LogP contribution in [0.1, 0.15) is 11.4 Å². The van der Waals surface area contributed by atoms with E-state index in [9.17, 15) is 4.79 Å². The molecule has 0 saturated carbocycles.